The summed E-state index contributed by atoms with van der Waals surface area (Å²) in [5.74, 6) is 2.59. The Morgan fingerprint density at radius 1 is 1.29 bits per heavy atom. The molecule has 0 radical (unpaired) electrons. The third-order valence-corrected chi connectivity index (χ3v) is 4.48. The standard InChI is InChI=1S/C17H30N4/c1-6-10-18-16-15(12(3)4)17(20-11-19-16)21-13(5)8-9-14(21)7-2/h11-14H,6-10H2,1-5H3,(H,18,19,20). The van der Waals surface area contributed by atoms with Crippen molar-refractivity contribution in [1.82, 2.24) is 9.97 Å². The van der Waals surface area contributed by atoms with Crippen molar-refractivity contribution in [2.24, 2.45) is 0 Å². The van der Waals surface area contributed by atoms with Crippen LogP contribution in [0.5, 0.6) is 0 Å². The summed E-state index contributed by atoms with van der Waals surface area (Å²) in [6.45, 7) is 12.2. The Morgan fingerprint density at radius 3 is 2.67 bits per heavy atom. The van der Waals surface area contributed by atoms with Crippen LogP contribution in [0.1, 0.15) is 71.8 Å². The highest BCUT2D eigenvalue weighted by molar-refractivity contribution is 5.61. The van der Waals surface area contributed by atoms with E-state index in [-0.39, 0.29) is 0 Å². The van der Waals surface area contributed by atoms with Gasteiger partial charge in [0.05, 0.1) is 0 Å². The van der Waals surface area contributed by atoms with E-state index >= 15 is 0 Å². The molecule has 2 atom stereocenters. The van der Waals surface area contributed by atoms with Gasteiger partial charge >= 0.3 is 0 Å². The average molecular weight is 290 g/mol. The topological polar surface area (TPSA) is 41.1 Å². The molecule has 4 heteroatoms. The number of aromatic nitrogens is 2. The first-order valence-corrected chi connectivity index (χ1v) is 8.47. The molecule has 0 amide bonds. The zero-order chi connectivity index (χ0) is 15.4. The summed E-state index contributed by atoms with van der Waals surface area (Å²) in [6.07, 6.45) is 6.55. The Balaban J connectivity index is 2.42. The Labute approximate surface area is 129 Å². The lowest BCUT2D eigenvalue weighted by Gasteiger charge is -2.32. The van der Waals surface area contributed by atoms with Crippen LogP contribution in [0.15, 0.2) is 6.33 Å². The Bertz CT molecular complexity index is 458. The van der Waals surface area contributed by atoms with Crippen molar-refractivity contribution in [2.75, 3.05) is 16.8 Å². The molecule has 0 aliphatic carbocycles. The van der Waals surface area contributed by atoms with Crippen LogP contribution in [0, 0.1) is 0 Å². The number of hydrogen-bond acceptors (Lipinski definition) is 4. The van der Waals surface area contributed by atoms with Crippen molar-refractivity contribution in [3.8, 4) is 0 Å². The maximum Gasteiger partial charge on any atom is 0.138 e. The molecule has 2 heterocycles. The SMILES string of the molecule is CCCNc1ncnc(N2C(C)CCC2CC)c1C(C)C. The molecule has 118 valence electrons. The normalized spacial score (nSPS) is 22.1. The highest BCUT2D eigenvalue weighted by Crippen LogP contribution is 2.37. The Hall–Kier alpha value is -1.32. The maximum atomic E-state index is 4.67. The van der Waals surface area contributed by atoms with Crippen LogP contribution < -0.4 is 10.2 Å². The molecule has 21 heavy (non-hydrogen) atoms. The van der Waals surface area contributed by atoms with Gasteiger partial charge in [-0.2, -0.15) is 0 Å². The number of hydrogen-bond donors (Lipinski definition) is 1. The molecule has 1 fully saturated rings. The summed E-state index contributed by atoms with van der Waals surface area (Å²) < 4.78 is 0. The minimum absolute atomic E-state index is 0.422. The summed E-state index contributed by atoms with van der Waals surface area (Å²) in [7, 11) is 0. The van der Waals surface area contributed by atoms with Gasteiger partial charge in [0.1, 0.15) is 18.0 Å². The van der Waals surface area contributed by atoms with Gasteiger partial charge < -0.3 is 10.2 Å². The second-order valence-corrected chi connectivity index (χ2v) is 6.44. The molecule has 0 aromatic carbocycles. The fraction of sp³-hybridized carbons (Fsp3) is 0.765. The molecule has 1 N–H and O–H groups in total. The molecule has 1 aliphatic rings. The van der Waals surface area contributed by atoms with Crippen LogP contribution in [0.4, 0.5) is 11.6 Å². The first-order valence-electron chi connectivity index (χ1n) is 8.47. The van der Waals surface area contributed by atoms with E-state index in [9.17, 15) is 0 Å². The van der Waals surface area contributed by atoms with Crippen molar-refractivity contribution >= 4 is 11.6 Å². The molecule has 0 spiro atoms. The van der Waals surface area contributed by atoms with Crippen molar-refractivity contribution in [2.45, 2.75) is 78.3 Å². The van der Waals surface area contributed by atoms with Crippen LogP contribution in [-0.4, -0.2) is 28.6 Å². The highest BCUT2D eigenvalue weighted by Gasteiger charge is 2.33. The molecule has 0 bridgehead atoms. The molecule has 1 aromatic heterocycles. The van der Waals surface area contributed by atoms with Crippen LogP contribution in [0.25, 0.3) is 0 Å². The Morgan fingerprint density at radius 2 is 2.05 bits per heavy atom. The molecule has 2 unspecified atom stereocenters. The fourth-order valence-electron chi connectivity index (χ4n) is 3.36. The van der Waals surface area contributed by atoms with E-state index in [0.717, 1.165) is 24.6 Å². The first-order chi connectivity index (χ1) is 10.1. The van der Waals surface area contributed by atoms with Crippen LogP contribution in [0.2, 0.25) is 0 Å². The van der Waals surface area contributed by atoms with Gasteiger partial charge in [0.15, 0.2) is 0 Å². The van der Waals surface area contributed by atoms with Crippen molar-refractivity contribution in [3.63, 3.8) is 0 Å². The van der Waals surface area contributed by atoms with Crippen LogP contribution >= 0.6 is 0 Å². The van der Waals surface area contributed by atoms with Gasteiger partial charge in [-0.1, -0.05) is 27.7 Å². The summed E-state index contributed by atoms with van der Waals surface area (Å²) in [5, 5.41) is 3.48. The largest absolute Gasteiger partial charge is 0.370 e. The zero-order valence-electron chi connectivity index (χ0n) is 14.2. The summed E-state index contributed by atoms with van der Waals surface area (Å²) in [4.78, 5) is 11.7. The molecule has 0 saturated carbocycles. The van der Waals surface area contributed by atoms with Gasteiger partial charge in [0.2, 0.25) is 0 Å². The number of nitrogens with one attached hydrogen (secondary N) is 1. The quantitative estimate of drug-likeness (QED) is 0.853. The van der Waals surface area contributed by atoms with E-state index in [1.54, 1.807) is 6.33 Å². The van der Waals surface area contributed by atoms with E-state index < -0.39 is 0 Å². The predicted octanol–water partition coefficient (Wildman–Crippen LogP) is 4.19. The van der Waals surface area contributed by atoms with E-state index in [1.807, 2.05) is 0 Å². The van der Waals surface area contributed by atoms with E-state index in [4.69, 9.17) is 0 Å². The lowest BCUT2D eigenvalue weighted by molar-refractivity contribution is 0.614. The van der Waals surface area contributed by atoms with E-state index in [2.05, 4.69) is 54.8 Å². The van der Waals surface area contributed by atoms with Gasteiger partial charge in [-0.15, -0.1) is 0 Å². The maximum absolute atomic E-state index is 4.67. The average Bonchev–Trinajstić information content (AvgIpc) is 2.85. The van der Waals surface area contributed by atoms with Gasteiger partial charge in [0.25, 0.3) is 0 Å². The third kappa shape index (κ3) is 3.30. The molecular formula is C17H30N4. The minimum atomic E-state index is 0.422. The second kappa shape index (κ2) is 7.10. The summed E-state index contributed by atoms with van der Waals surface area (Å²) >= 11 is 0. The van der Waals surface area contributed by atoms with Gasteiger partial charge in [-0.05, 0) is 38.5 Å². The predicted molar refractivity (Wildman–Crippen MR) is 90.2 cm³/mol. The third-order valence-electron chi connectivity index (χ3n) is 4.48. The molecular weight excluding hydrogens is 260 g/mol. The monoisotopic (exact) mass is 290 g/mol. The van der Waals surface area contributed by atoms with Crippen LogP contribution in [0.3, 0.4) is 0 Å². The Kier molecular flexibility index (Phi) is 5.43. The summed E-state index contributed by atoms with van der Waals surface area (Å²) in [6, 6.07) is 1.19. The number of rotatable bonds is 6. The van der Waals surface area contributed by atoms with Gasteiger partial charge in [-0.3, -0.25) is 0 Å². The molecule has 1 aromatic rings. The second-order valence-electron chi connectivity index (χ2n) is 6.44. The van der Waals surface area contributed by atoms with E-state index in [0.29, 0.717) is 18.0 Å². The van der Waals surface area contributed by atoms with Crippen molar-refractivity contribution in [1.29, 1.82) is 0 Å². The number of nitrogens with zero attached hydrogens (tertiary/aromatic N) is 3. The summed E-state index contributed by atoms with van der Waals surface area (Å²) in [5.41, 5.74) is 1.28. The van der Waals surface area contributed by atoms with E-state index in [1.165, 1.54) is 24.8 Å². The van der Waals surface area contributed by atoms with Crippen molar-refractivity contribution in [3.05, 3.63) is 11.9 Å². The highest BCUT2D eigenvalue weighted by atomic mass is 15.3. The van der Waals surface area contributed by atoms with Crippen molar-refractivity contribution < 1.29 is 0 Å². The lowest BCUT2D eigenvalue weighted by atomic mass is 10.0. The lowest BCUT2D eigenvalue weighted by Crippen LogP contribution is -2.36. The molecule has 4 nitrogen and oxygen atoms in total. The zero-order valence-corrected chi connectivity index (χ0v) is 14.2. The van der Waals surface area contributed by atoms with Crippen LogP contribution in [-0.2, 0) is 0 Å². The fourth-order valence-corrected chi connectivity index (χ4v) is 3.36. The van der Waals surface area contributed by atoms with Gasteiger partial charge in [0, 0.05) is 24.2 Å². The smallest absolute Gasteiger partial charge is 0.138 e. The first kappa shape index (κ1) is 16.1. The van der Waals surface area contributed by atoms with Gasteiger partial charge in [-0.25, -0.2) is 9.97 Å². The molecule has 1 saturated heterocycles. The molecule has 1 aliphatic heterocycles. The number of anilines is 2. The minimum Gasteiger partial charge on any atom is -0.370 e. The molecule has 2 rings (SSSR count).